The van der Waals surface area contributed by atoms with Gasteiger partial charge in [0.1, 0.15) is 5.00 Å². The number of ketones is 2. The number of Topliss-reactive ketones (excluding diaryl/α,β-unsaturated/α-hetero) is 2. The van der Waals surface area contributed by atoms with Crippen LogP contribution in [0, 0.1) is 0 Å². The first-order valence-corrected chi connectivity index (χ1v) is 16.4. The molecule has 1 aliphatic rings. The van der Waals surface area contributed by atoms with Crippen LogP contribution in [0.4, 0.5) is 16.4 Å². The molecule has 0 saturated heterocycles. The van der Waals surface area contributed by atoms with E-state index >= 15 is 0 Å². The minimum atomic E-state index is -0.196. The summed E-state index contributed by atoms with van der Waals surface area (Å²) in [5.74, 6) is -0.392. The number of thiophene rings is 2. The van der Waals surface area contributed by atoms with Gasteiger partial charge in [-0.1, -0.05) is 72.8 Å². The normalized spacial score (nSPS) is 12.9. The Morgan fingerprint density at radius 2 is 1.04 bits per heavy atom. The summed E-state index contributed by atoms with van der Waals surface area (Å²) in [6, 6.07) is 45.8. The van der Waals surface area contributed by atoms with Crippen LogP contribution >= 0.6 is 22.7 Å². The molecule has 5 heteroatoms. The fraction of sp³-hybridized carbons (Fsp3) is 0. The van der Waals surface area contributed by atoms with E-state index in [1.807, 2.05) is 42.5 Å². The summed E-state index contributed by atoms with van der Waals surface area (Å²) in [5, 5.41) is 7.75. The topological polar surface area (TPSA) is 37.4 Å². The number of nitrogens with zero attached hydrogens (tertiary/aromatic N) is 1. The minimum Gasteiger partial charge on any atom is -0.302 e. The number of rotatable bonds is 4. The number of carbonyl (C=O) groups is 2. The Bertz CT molecular complexity index is 2430. The van der Waals surface area contributed by atoms with Crippen LogP contribution in [0.2, 0.25) is 0 Å². The molecule has 0 bridgehead atoms. The zero-order valence-electron chi connectivity index (χ0n) is 23.9. The first-order chi connectivity index (χ1) is 22.1. The summed E-state index contributed by atoms with van der Waals surface area (Å²) < 4.78 is 2.31. The Morgan fingerprint density at radius 3 is 1.73 bits per heavy atom. The number of para-hydroxylation sites is 1. The van der Waals surface area contributed by atoms with Gasteiger partial charge in [-0.05, 0) is 99.1 Å². The van der Waals surface area contributed by atoms with Gasteiger partial charge >= 0.3 is 0 Å². The van der Waals surface area contributed by atoms with E-state index in [2.05, 4.69) is 95.9 Å². The van der Waals surface area contributed by atoms with E-state index in [0.717, 1.165) is 47.5 Å². The Labute approximate surface area is 266 Å². The van der Waals surface area contributed by atoms with Crippen LogP contribution in [-0.4, -0.2) is 11.6 Å². The number of anilines is 3. The van der Waals surface area contributed by atoms with E-state index in [-0.39, 0.29) is 17.1 Å². The van der Waals surface area contributed by atoms with Gasteiger partial charge < -0.3 is 4.90 Å². The Morgan fingerprint density at radius 1 is 0.467 bits per heavy atom. The summed E-state index contributed by atoms with van der Waals surface area (Å²) in [6.45, 7) is 0. The van der Waals surface area contributed by atoms with E-state index < -0.39 is 0 Å². The van der Waals surface area contributed by atoms with Crippen LogP contribution in [0.15, 0.2) is 139 Å². The molecule has 0 spiro atoms. The maximum Gasteiger partial charge on any atom is 0.197 e. The molecule has 2 heterocycles. The molecule has 3 nitrogen and oxygen atoms in total. The summed E-state index contributed by atoms with van der Waals surface area (Å²) in [4.78, 5) is 29.9. The van der Waals surface area contributed by atoms with Crippen molar-refractivity contribution in [3.05, 3.63) is 155 Å². The zero-order chi connectivity index (χ0) is 30.1. The molecular formula is C40H23NO2S2. The average Bonchev–Trinajstić information content (AvgIpc) is 3.73. The fourth-order valence-corrected chi connectivity index (χ4v) is 8.51. The molecule has 0 saturated carbocycles. The number of carbonyl (C=O) groups excluding carboxylic acids is 2. The molecule has 0 radical (unpaired) electrons. The fourth-order valence-electron chi connectivity index (χ4n) is 6.34. The van der Waals surface area contributed by atoms with Crippen LogP contribution < -0.4 is 4.90 Å². The zero-order valence-corrected chi connectivity index (χ0v) is 25.5. The van der Waals surface area contributed by atoms with Gasteiger partial charge in [-0.15, -0.1) is 22.7 Å². The van der Waals surface area contributed by atoms with Crippen LogP contribution in [-0.2, 0) is 0 Å². The third kappa shape index (κ3) is 4.32. The second-order valence-corrected chi connectivity index (χ2v) is 13.5. The molecule has 0 atom stereocenters. The summed E-state index contributed by atoms with van der Waals surface area (Å²) >= 11 is 3.36. The Balaban J connectivity index is 1.10. The highest BCUT2D eigenvalue weighted by atomic mass is 32.1. The first kappa shape index (κ1) is 26.1. The average molecular weight is 614 g/mol. The van der Waals surface area contributed by atoms with Gasteiger partial charge in [-0.2, -0.15) is 0 Å². The van der Waals surface area contributed by atoms with E-state index in [1.54, 1.807) is 28.7 Å². The van der Waals surface area contributed by atoms with Gasteiger partial charge in [0.2, 0.25) is 0 Å². The maximum atomic E-state index is 13.3. The Hall–Kier alpha value is -5.36. The third-order valence-electron chi connectivity index (χ3n) is 8.54. The lowest BCUT2D eigenvalue weighted by atomic mass is 10.0. The van der Waals surface area contributed by atoms with Crippen LogP contribution in [0.1, 0.15) is 25.6 Å². The summed E-state index contributed by atoms with van der Waals surface area (Å²) in [7, 11) is 0. The number of benzene rings is 6. The molecule has 2 aromatic heterocycles. The van der Waals surface area contributed by atoms with Crippen LogP contribution in [0.3, 0.4) is 0 Å². The Kier molecular flexibility index (Phi) is 5.85. The molecule has 8 aromatic rings. The van der Waals surface area contributed by atoms with Crippen molar-refractivity contribution >= 4 is 98.4 Å². The van der Waals surface area contributed by atoms with Gasteiger partial charge in [-0.3, -0.25) is 9.59 Å². The minimum absolute atomic E-state index is 0.196. The highest BCUT2D eigenvalue weighted by Crippen LogP contribution is 2.44. The number of allylic oxidation sites excluding steroid dienone is 1. The standard InChI is InChI=1S/C40H23NO2S2/c42-39-33-18-26-10-6-7-11-27(26)19-34(33)40(43)35(39)23-32-17-28-20-37-29(21-36(28)44-32)22-38(45-37)41(30-12-2-1-3-13-30)31-15-14-24-8-4-5-9-25(24)16-31/h1-23H. The van der Waals surface area contributed by atoms with Crippen molar-refractivity contribution in [3.63, 3.8) is 0 Å². The van der Waals surface area contributed by atoms with Crippen molar-refractivity contribution in [2.75, 3.05) is 4.90 Å². The molecule has 6 aromatic carbocycles. The van der Waals surface area contributed by atoms with E-state index in [1.165, 1.54) is 15.5 Å². The highest BCUT2D eigenvalue weighted by molar-refractivity contribution is 7.23. The SMILES string of the molecule is O=C1C(=Cc2cc3cc4sc(N(c5ccccc5)c5ccc6ccccc6c5)cc4cc3s2)C(=O)c2cc3ccccc3cc21. The molecule has 1 aliphatic carbocycles. The van der Waals surface area contributed by atoms with E-state index in [0.29, 0.717) is 11.1 Å². The third-order valence-corrected chi connectivity index (χ3v) is 10.7. The largest absolute Gasteiger partial charge is 0.302 e. The molecule has 0 fully saturated rings. The predicted octanol–water partition coefficient (Wildman–Crippen LogP) is 11.4. The predicted molar refractivity (Wildman–Crippen MR) is 190 cm³/mol. The molecule has 45 heavy (non-hydrogen) atoms. The second-order valence-electron chi connectivity index (χ2n) is 11.3. The van der Waals surface area contributed by atoms with E-state index in [9.17, 15) is 9.59 Å². The first-order valence-electron chi connectivity index (χ1n) is 14.7. The molecule has 0 amide bonds. The molecule has 9 rings (SSSR count). The van der Waals surface area contributed by atoms with Crippen molar-refractivity contribution in [2.45, 2.75) is 0 Å². The van der Waals surface area contributed by atoms with Crippen molar-refractivity contribution in [1.29, 1.82) is 0 Å². The molecule has 0 aliphatic heterocycles. The number of fused-ring (bicyclic) bond motifs is 5. The lowest BCUT2D eigenvalue weighted by molar-refractivity contribution is 0.0990. The van der Waals surface area contributed by atoms with Crippen molar-refractivity contribution < 1.29 is 9.59 Å². The maximum absolute atomic E-state index is 13.3. The summed E-state index contributed by atoms with van der Waals surface area (Å²) in [6.07, 6.45) is 1.77. The molecule has 0 N–H and O–H groups in total. The molecule has 0 unspecified atom stereocenters. The number of hydrogen-bond donors (Lipinski definition) is 0. The van der Waals surface area contributed by atoms with Gasteiger partial charge in [0.05, 0.1) is 5.57 Å². The molecular weight excluding hydrogens is 591 g/mol. The van der Waals surface area contributed by atoms with Crippen molar-refractivity contribution in [1.82, 2.24) is 0 Å². The van der Waals surface area contributed by atoms with Gasteiger partial charge in [0.25, 0.3) is 0 Å². The van der Waals surface area contributed by atoms with Gasteiger partial charge in [0, 0.05) is 36.8 Å². The lowest BCUT2D eigenvalue weighted by Crippen LogP contribution is -2.07. The smallest absolute Gasteiger partial charge is 0.197 e. The van der Waals surface area contributed by atoms with Crippen LogP contribution in [0.25, 0.3) is 47.8 Å². The van der Waals surface area contributed by atoms with Crippen molar-refractivity contribution in [3.8, 4) is 0 Å². The monoisotopic (exact) mass is 613 g/mol. The quantitative estimate of drug-likeness (QED) is 0.146. The van der Waals surface area contributed by atoms with Gasteiger partial charge in [0.15, 0.2) is 11.6 Å². The lowest BCUT2D eigenvalue weighted by Gasteiger charge is -2.23. The van der Waals surface area contributed by atoms with E-state index in [4.69, 9.17) is 0 Å². The highest BCUT2D eigenvalue weighted by Gasteiger charge is 2.33. The summed E-state index contributed by atoms with van der Waals surface area (Å²) in [5.41, 5.74) is 3.45. The molecule has 212 valence electrons. The van der Waals surface area contributed by atoms with Crippen molar-refractivity contribution in [2.24, 2.45) is 0 Å². The number of hydrogen-bond acceptors (Lipinski definition) is 5. The van der Waals surface area contributed by atoms with Crippen LogP contribution in [0.5, 0.6) is 0 Å². The second kappa shape index (κ2) is 10.1. The van der Waals surface area contributed by atoms with Gasteiger partial charge in [-0.25, -0.2) is 0 Å².